The Labute approximate surface area is 138 Å². The predicted octanol–water partition coefficient (Wildman–Crippen LogP) is 3.71. The number of ether oxygens (including phenoxy) is 2. The fourth-order valence-corrected chi connectivity index (χ4v) is 3.60. The normalized spacial score (nSPS) is 22.3. The predicted molar refractivity (Wildman–Crippen MR) is 88.8 cm³/mol. The third-order valence-corrected chi connectivity index (χ3v) is 4.82. The Morgan fingerprint density at radius 3 is 2.83 bits per heavy atom. The first-order valence-electron chi connectivity index (χ1n) is 8.62. The van der Waals surface area contributed by atoms with Crippen molar-refractivity contribution in [3.63, 3.8) is 0 Å². The summed E-state index contributed by atoms with van der Waals surface area (Å²) in [5, 5.41) is 0. The molecule has 0 aromatic heterocycles. The zero-order chi connectivity index (χ0) is 16.0. The van der Waals surface area contributed by atoms with Gasteiger partial charge in [-0.25, -0.2) is 0 Å². The first-order valence-corrected chi connectivity index (χ1v) is 8.62. The van der Waals surface area contributed by atoms with Gasteiger partial charge in [0.05, 0.1) is 11.5 Å². The molecule has 1 aromatic carbocycles. The van der Waals surface area contributed by atoms with Crippen LogP contribution in [0.3, 0.4) is 0 Å². The topological polar surface area (TPSA) is 35.5 Å². The van der Waals surface area contributed by atoms with Crippen LogP contribution in [-0.2, 0) is 14.3 Å². The van der Waals surface area contributed by atoms with Gasteiger partial charge >= 0.3 is 5.97 Å². The average Bonchev–Trinajstić information content (AvgIpc) is 3.03. The van der Waals surface area contributed by atoms with E-state index in [9.17, 15) is 4.79 Å². The van der Waals surface area contributed by atoms with Crippen LogP contribution in [0.5, 0.6) is 0 Å². The Bertz CT molecular complexity index is 576. The van der Waals surface area contributed by atoms with Crippen molar-refractivity contribution in [3.05, 3.63) is 35.9 Å². The fourth-order valence-electron chi connectivity index (χ4n) is 3.60. The van der Waals surface area contributed by atoms with Crippen LogP contribution in [0.15, 0.2) is 30.3 Å². The minimum absolute atomic E-state index is 0.00364. The maximum absolute atomic E-state index is 12.2. The third kappa shape index (κ3) is 4.36. The summed E-state index contributed by atoms with van der Waals surface area (Å²) in [6.45, 7) is 1.07. The molecule has 3 heteroatoms. The maximum Gasteiger partial charge on any atom is 0.309 e. The van der Waals surface area contributed by atoms with Gasteiger partial charge in [0.25, 0.3) is 0 Å². The van der Waals surface area contributed by atoms with E-state index >= 15 is 0 Å². The molecule has 122 valence electrons. The Morgan fingerprint density at radius 1 is 1.26 bits per heavy atom. The highest BCUT2D eigenvalue weighted by atomic mass is 16.5. The minimum Gasteiger partial charge on any atom is -0.464 e. The average molecular weight is 312 g/mol. The summed E-state index contributed by atoms with van der Waals surface area (Å²) in [6, 6.07) is 9.85. The lowest BCUT2D eigenvalue weighted by atomic mass is 9.84. The lowest BCUT2D eigenvalue weighted by Gasteiger charge is -2.37. The Balaban J connectivity index is 1.42. The van der Waals surface area contributed by atoms with Crippen LogP contribution in [0.4, 0.5) is 0 Å². The molecule has 0 bridgehead atoms. The van der Waals surface area contributed by atoms with Gasteiger partial charge in [-0.3, -0.25) is 4.79 Å². The molecular formula is C20H24O3. The molecule has 0 radical (unpaired) electrons. The van der Waals surface area contributed by atoms with Crippen LogP contribution in [0.25, 0.3) is 0 Å². The smallest absolute Gasteiger partial charge is 0.309 e. The Hall–Kier alpha value is -1.79. The summed E-state index contributed by atoms with van der Waals surface area (Å²) < 4.78 is 11.4. The zero-order valence-electron chi connectivity index (χ0n) is 13.6. The monoisotopic (exact) mass is 312 g/mol. The molecule has 0 N–H and O–H groups in total. The highest BCUT2D eigenvalue weighted by molar-refractivity contribution is 5.72. The quantitative estimate of drug-likeness (QED) is 0.485. The van der Waals surface area contributed by atoms with E-state index in [1.807, 2.05) is 30.3 Å². The number of esters is 1. The highest BCUT2D eigenvalue weighted by Gasteiger charge is 2.42. The van der Waals surface area contributed by atoms with Gasteiger partial charge in [0.1, 0.15) is 6.61 Å². The molecule has 1 saturated heterocycles. The molecule has 1 aliphatic carbocycles. The molecule has 23 heavy (non-hydrogen) atoms. The van der Waals surface area contributed by atoms with Gasteiger partial charge in [-0.05, 0) is 37.8 Å². The molecule has 2 aliphatic rings. The van der Waals surface area contributed by atoms with Gasteiger partial charge in [0.15, 0.2) is 0 Å². The van der Waals surface area contributed by atoms with Gasteiger partial charge < -0.3 is 9.47 Å². The van der Waals surface area contributed by atoms with Crippen molar-refractivity contribution in [3.8, 4) is 11.8 Å². The Morgan fingerprint density at radius 2 is 2.04 bits per heavy atom. The third-order valence-electron chi connectivity index (χ3n) is 4.82. The summed E-state index contributed by atoms with van der Waals surface area (Å²) >= 11 is 0. The van der Waals surface area contributed by atoms with E-state index in [1.54, 1.807) is 0 Å². The summed E-state index contributed by atoms with van der Waals surface area (Å²) in [5.74, 6) is 6.07. The van der Waals surface area contributed by atoms with Crippen LogP contribution in [-0.4, -0.2) is 24.8 Å². The molecule has 1 unspecified atom stereocenters. The van der Waals surface area contributed by atoms with E-state index in [4.69, 9.17) is 9.47 Å². The first-order chi connectivity index (χ1) is 11.3. The molecule has 1 heterocycles. The maximum atomic E-state index is 12.2. The van der Waals surface area contributed by atoms with Crippen molar-refractivity contribution < 1.29 is 14.3 Å². The number of rotatable bonds is 3. The molecule has 1 aliphatic heterocycles. The van der Waals surface area contributed by atoms with Crippen LogP contribution in [0, 0.1) is 17.8 Å². The minimum atomic E-state index is -0.0684. The SMILES string of the molecule is O=C(OCCC#Cc1ccccc1)C1CCOC2(CCCC2)C1. The van der Waals surface area contributed by atoms with E-state index in [-0.39, 0.29) is 17.5 Å². The summed E-state index contributed by atoms with van der Waals surface area (Å²) in [7, 11) is 0. The lowest BCUT2D eigenvalue weighted by molar-refractivity contribution is -0.160. The van der Waals surface area contributed by atoms with Gasteiger partial charge in [-0.15, -0.1) is 0 Å². The Kier molecular flexibility index (Phi) is 5.35. The van der Waals surface area contributed by atoms with Crippen LogP contribution < -0.4 is 0 Å². The number of carbonyl (C=O) groups is 1. The molecule has 3 rings (SSSR count). The van der Waals surface area contributed by atoms with Gasteiger partial charge in [0.2, 0.25) is 0 Å². The number of hydrogen-bond acceptors (Lipinski definition) is 3. The molecule has 1 saturated carbocycles. The van der Waals surface area contributed by atoms with E-state index in [1.165, 1.54) is 12.8 Å². The second-order valence-electron chi connectivity index (χ2n) is 6.51. The first kappa shape index (κ1) is 16.1. The summed E-state index contributed by atoms with van der Waals surface area (Å²) in [5.41, 5.74) is 0.959. The fraction of sp³-hybridized carbons (Fsp3) is 0.550. The van der Waals surface area contributed by atoms with E-state index in [2.05, 4.69) is 11.8 Å². The van der Waals surface area contributed by atoms with Gasteiger partial charge in [0, 0.05) is 18.6 Å². The van der Waals surface area contributed by atoms with E-state index in [0.29, 0.717) is 19.6 Å². The lowest BCUT2D eigenvalue weighted by Crippen LogP contribution is -2.40. The van der Waals surface area contributed by atoms with Crippen LogP contribution >= 0.6 is 0 Å². The molecular weight excluding hydrogens is 288 g/mol. The standard InChI is InChI=1S/C20H24O3/c21-19(18-11-15-23-20(16-18)12-5-6-13-20)22-14-7-4-10-17-8-2-1-3-9-17/h1-3,8-9,18H,5-7,11-16H2. The molecule has 3 nitrogen and oxygen atoms in total. The van der Waals surface area contributed by atoms with E-state index in [0.717, 1.165) is 31.2 Å². The second kappa shape index (κ2) is 7.66. The summed E-state index contributed by atoms with van der Waals surface area (Å²) in [6.07, 6.45) is 6.83. The van der Waals surface area contributed by atoms with Gasteiger partial charge in [-0.2, -0.15) is 0 Å². The molecule has 0 amide bonds. The molecule has 1 aromatic rings. The van der Waals surface area contributed by atoms with Crippen molar-refractivity contribution in [2.24, 2.45) is 5.92 Å². The molecule has 1 spiro atoms. The summed E-state index contributed by atoms with van der Waals surface area (Å²) in [4.78, 5) is 12.2. The van der Waals surface area contributed by atoms with Crippen LogP contribution in [0.1, 0.15) is 50.5 Å². The number of carbonyl (C=O) groups excluding carboxylic acids is 1. The largest absolute Gasteiger partial charge is 0.464 e. The molecule has 2 fully saturated rings. The number of hydrogen-bond donors (Lipinski definition) is 0. The highest BCUT2D eigenvalue weighted by Crippen LogP contribution is 2.42. The van der Waals surface area contributed by atoms with Crippen molar-refractivity contribution in [1.82, 2.24) is 0 Å². The van der Waals surface area contributed by atoms with Crippen molar-refractivity contribution in [2.45, 2.75) is 50.5 Å². The number of benzene rings is 1. The zero-order valence-corrected chi connectivity index (χ0v) is 13.6. The van der Waals surface area contributed by atoms with Crippen molar-refractivity contribution in [2.75, 3.05) is 13.2 Å². The molecule has 1 atom stereocenters. The van der Waals surface area contributed by atoms with Gasteiger partial charge in [-0.1, -0.05) is 42.9 Å². The second-order valence-corrected chi connectivity index (χ2v) is 6.51. The van der Waals surface area contributed by atoms with Crippen LogP contribution in [0.2, 0.25) is 0 Å². The van der Waals surface area contributed by atoms with Crippen molar-refractivity contribution in [1.29, 1.82) is 0 Å². The van der Waals surface area contributed by atoms with E-state index < -0.39 is 0 Å². The van der Waals surface area contributed by atoms with Crippen molar-refractivity contribution >= 4 is 5.97 Å².